The summed E-state index contributed by atoms with van der Waals surface area (Å²) in [5.41, 5.74) is 5.44. The summed E-state index contributed by atoms with van der Waals surface area (Å²) in [6, 6.07) is 7.20. The van der Waals surface area contributed by atoms with E-state index in [0.717, 1.165) is 0 Å². The van der Waals surface area contributed by atoms with E-state index >= 15 is 0 Å². The van der Waals surface area contributed by atoms with Gasteiger partial charge in [0.25, 0.3) is 0 Å². The van der Waals surface area contributed by atoms with Gasteiger partial charge >= 0.3 is 0 Å². The van der Waals surface area contributed by atoms with E-state index in [1.807, 2.05) is 0 Å². The Morgan fingerprint density at radius 2 is 1.56 bits per heavy atom. The molecule has 0 aromatic heterocycles. The molecule has 0 heterocycles. The summed E-state index contributed by atoms with van der Waals surface area (Å²) in [5.74, 6) is 0.656. The van der Waals surface area contributed by atoms with Gasteiger partial charge in [-0.3, -0.25) is 0 Å². The van der Waals surface area contributed by atoms with Gasteiger partial charge < -0.3 is 0 Å². The van der Waals surface area contributed by atoms with Crippen molar-refractivity contribution in [2.45, 2.75) is 66.7 Å². The Bertz CT molecular complexity index is 426. The molecule has 2 rings (SSSR count). The van der Waals surface area contributed by atoms with E-state index in [9.17, 15) is 0 Å². The zero-order chi connectivity index (χ0) is 13.6. The molecule has 0 heteroatoms. The lowest BCUT2D eigenvalue weighted by Gasteiger charge is -2.37. The Balaban J connectivity index is 2.31. The molecule has 1 aliphatic rings. The van der Waals surface area contributed by atoms with Crippen molar-refractivity contribution in [1.82, 2.24) is 0 Å². The maximum absolute atomic E-state index is 2.47. The van der Waals surface area contributed by atoms with E-state index in [2.05, 4.69) is 59.7 Å². The highest BCUT2D eigenvalue weighted by atomic mass is 14.4. The van der Waals surface area contributed by atoms with Crippen molar-refractivity contribution < 1.29 is 0 Å². The molecule has 0 radical (unpaired) electrons. The number of fused-ring (bicyclic) bond motifs is 1. The molecule has 0 saturated heterocycles. The maximum Gasteiger partial charge on any atom is -0.0108 e. The Morgan fingerprint density at radius 1 is 0.944 bits per heavy atom. The van der Waals surface area contributed by atoms with Crippen LogP contribution in [0.25, 0.3) is 0 Å². The second-order valence-electron chi connectivity index (χ2n) is 8.21. The summed E-state index contributed by atoms with van der Waals surface area (Å²) in [5, 5.41) is 0. The second-order valence-corrected chi connectivity index (χ2v) is 8.21. The third kappa shape index (κ3) is 2.96. The fourth-order valence-electron chi connectivity index (χ4n) is 2.97. The van der Waals surface area contributed by atoms with E-state index in [-0.39, 0.29) is 0 Å². The minimum atomic E-state index is 0.339. The van der Waals surface area contributed by atoms with Crippen LogP contribution >= 0.6 is 0 Å². The van der Waals surface area contributed by atoms with Crippen molar-refractivity contribution >= 4 is 0 Å². The van der Waals surface area contributed by atoms with Crippen LogP contribution in [0.2, 0.25) is 0 Å². The van der Waals surface area contributed by atoms with Gasteiger partial charge in [0, 0.05) is 0 Å². The minimum Gasteiger partial charge on any atom is -0.0602 e. The van der Waals surface area contributed by atoms with Crippen molar-refractivity contribution in [2.24, 2.45) is 10.8 Å². The Kier molecular flexibility index (Phi) is 3.34. The molecule has 1 atom stereocenters. The van der Waals surface area contributed by atoms with E-state index in [1.54, 1.807) is 16.7 Å². The van der Waals surface area contributed by atoms with Crippen molar-refractivity contribution in [2.75, 3.05) is 0 Å². The number of aryl methyl sites for hydroxylation is 2. The average molecular weight is 244 g/mol. The van der Waals surface area contributed by atoms with Gasteiger partial charge in [0.2, 0.25) is 0 Å². The van der Waals surface area contributed by atoms with Crippen LogP contribution in [0, 0.1) is 10.8 Å². The summed E-state index contributed by atoms with van der Waals surface area (Å²) in [6.45, 7) is 14.2. The highest BCUT2D eigenvalue weighted by Crippen LogP contribution is 2.44. The number of hydrogen-bond donors (Lipinski definition) is 0. The van der Waals surface area contributed by atoms with Crippen molar-refractivity contribution in [1.29, 1.82) is 0 Å². The quantitative estimate of drug-likeness (QED) is 0.657. The van der Waals surface area contributed by atoms with E-state index < -0.39 is 0 Å². The first-order chi connectivity index (χ1) is 8.17. The first-order valence-electron chi connectivity index (χ1n) is 7.28. The molecule has 0 aliphatic heterocycles. The molecule has 1 unspecified atom stereocenters. The summed E-state index contributed by atoms with van der Waals surface area (Å²) in [4.78, 5) is 0. The Morgan fingerprint density at radius 3 is 1.94 bits per heavy atom. The third-order valence-corrected chi connectivity index (χ3v) is 4.16. The van der Waals surface area contributed by atoms with Crippen LogP contribution in [-0.4, -0.2) is 0 Å². The van der Waals surface area contributed by atoms with Crippen LogP contribution in [0.3, 0.4) is 0 Å². The van der Waals surface area contributed by atoms with E-state index in [4.69, 9.17) is 0 Å². The molecule has 0 bridgehead atoms. The second kappa shape index (κ2) is 4.40. The van der Waals surface area contributed by atoms with Crippen LogP contribution < -0.4 is 0 Å². The maximum atomic E-state index is 2.47. The largest absolute Gasteiger partial charge is 0.0602 e. The molecule has 1 aromatic carbocycles. The summed E-state index contributed by atoms with van der Waals surface area (Å²) < 4.78 is 0. The molecule has 0 amide bonds. The number of rotatable bonds is 2. The van der Waals surface area contributed by atoms with Crippen LogP contribution in [0.4, 0.5) is 0 Å². The molecular weight excluding hydrogens is 216 g/mol. The van der Waals surface area contributed by atoms with Crippen molar-refractivity contribution in [3.8, 4) is 0 Å². The number of hydrogen-bond acceptors (Lipinski definition) is 0. The first kappa shape index (κ1) is 13.6. The summed E-state index contributed by atoms with van der Waals surface area (Å²) in [7, 11) is 0. The SMILES string of the molecule is CC(C)(C)CC(c1ccc2c(c1)CC2)C(C)(C)C. The van der Waals surface area contributed by atoms with Gasteiger partial charge in [-0.05, 0) is 52.7 Å². The van der Waals surface area contributed by atoms with Crippen LogP contribution in [0.15, 0.2) is 18.2 Å². The molecular formula is C18H28. The van der Waals surface area contributed by atoms with Gasteiger partial charge in [0.15, 0.2) is 0 Å². The molecule has 0 spiro atoms. The van der Waals surface area contributed by atoms with Crippen molar-refractivity contribution in [3.63, 3.8) is 0 Å². The van der Waals surface area contributed by atoms with E-state index in [0.29, 0.717) is 16.7 Å². The third-order valence-electron chi connectivity index (χ3n) is 4.16. The fraction of sp³-hybridized carbons (Fsp3) is 0.667. The number of benzene rings is 1. The molecule has 1 aromatic rings. The molecule has 0 nitrogen and oxygen atoms in total. The predicted octanol–water partition coefficient (Wildman–Crippen LogP) is 5.35. The molecule has 0 fully saturated rings. The highest BCUT2D eigenvalue weighted by Gasteiger charge is 2.31. The van der Waals surface area contributed by atoms with Gasteiger partial charge in [0.05, 0.1) is 0 Å². The molecule has 100 valence electrons. The summed E-state index contributed by atoms with van der Waals surface area (Å²) in [6.07, 6.45) is 3.83. The lowest BCUT2D eigenvalue weighted by molar-refractivity contribution is 0.229. The van der Waals surface area contributed by atoms with Gasteiger partial charge in [-0.25, -0.2) is 0 Å². The normalized spacial score (nSPS) is 17.0. The smallest absolute Gasteiger partial charge is 0.0108 e. The predicted molar refractivity (Wildman–Crippen MR) is 80.1 cm³/mol. The van der Waals surface area contributed by atoms with Crippen LogP contribution in [0.1, 0.15) is 70.6 Å². The first-order valence-corrected chi connectivity index (χ1v) is 7.28. The monoisotopic (exact) mass is 244 g/mol. The standard InChI is InChI=1S/C18H28/c1-17(2,3)12-16(18(4,5)6)15-10-8-13-7-9-14(13)11-15/h8,10-11,16H,7,9,12H2,1-6H3. The Hall–Kier alpha value is -0.780. The van der Waals surface area contributed by atoms with Gasteiger partial charge in [-0.2, -0.15) is 0 Å². The van der Waals surface area contributed by atoms with E-state index in [1.165, 1.54) is 19.3 Å². The van der Waals surface area contributed by atoms with Crippen LogP contribution in [0.5, 0.6) is 0 Å². The van der Waals surface area contributed by atoms with Crippen molar-refractivity contribution in [3.05, 3.63) is 34.9 Å². The zero-order valence-electron chi connectivity index (χ0n) is 12.9. The topological polar surface area (TPSA) is 0 Å². The Labute approximate surface area is 113 Å². The minimum absolute atomic E-state index is 0.339. The van der Waals surface area contributed by atoms with Gasteiger partial charge in [-0.15, -0.1) is 0 Å². The van der Waals surface area contributed by atoms with Crippen LogP contribution in [-0.2, 0) is 12.8 Å². The summed E-state index contributed by atoms with van der Waals surface area (Å²) >= 11 is 0. The molecule has 0 N–H and O–H groups in total. The average Bonchev–Trinajstić information content (AvgIpc) is 2.14. The lowest BCUT2D eigenvalue weighted by atomic mass is 9.68. The molecule has 1 aliphatic carbocycles. The van der Waals surface area contributed by atoms with Gasteiger partial charge in [-0.1, -0.05) is 59.7 Å². The highest BCUT2D eigenvalue weighted by molar-refractivity contribution is 5.40. The zero-order valence-corrected chi connectivity index (χ0v) is 12.9. The molecule has 18 heavy (non-hydrogen) atoms. The lowest BCUT2D eigenvalue weighted by Crippen LogP contribution is -2.24. The van der Waals surface area contributed by atoms with Gasteiger partial charge in [0.1, 0.15) is 0 Å². The fourth-order valence-corrected chi connectivity index (χ4v) is 2.97. The molecule has 0 saturated carbocycles.